The number of hydrogen-bond donors (Lipinski definition) is 3. The summed E-state index contributed by atoms with van der Waals surface area (Å²) in [6.07, 6.45) is 12.7. The molecule has 0 unspecified atom stereocenters. The van der Waals surface area contributed by atoms with Gasteiger partial charge in [-0.2, -0.15) is 0 Å². The molecule has 0 amide bonds. The fourth-order valence-corrected chi connectivity index (χ4v) is 11.6. The first-order valence-corrected chi connectivity index (χ1v) is 14.4. The third kappa shape index (κ3) is 3.03. The lowest BCUT2D eigenvalue weighted by Gasteiger charge is -2.63. The quantitative estimate of drug-likeness (QED) is 0.443. The van der Waals surface area contributed by atoms with E-state index in [2.05, 4.69) is 41.5 Å². The molecule has 5 fully saturated rings. The first-order valence-electron chi connectivity index (χ1n) is 14.4. The monoisotopic (exact) mass is 460 g/mol. The van der Waals surface area contributed by atoms with E-state index in [1.807, 2.05) is 0 Å². The van der Waals surface area contributed by atoms with Crippen molar-refractivity contribution < 1.29 is 15.3 Å². The second-order valence-corrected chi connectivity index (χ2v) is 14.9. The topological polar surface area (TPSA) is 60.7 Å². The van der Waals surface area contributed by atoms with E-state index in [0.717, 1.165) is 31.1 Å². The zero-order chi connectivity index (χ0) is 24.0. The Hall–Kier alpha value is -0.120. The number of aliphatic hydroxyl groups excluding tert-OH is 3. The summed E-state index contributed by atoms with van der Waals surface area (Å²) in [5.74, 6) is 3.17. The Morgan fingerprint density at radius 1 is 0.788 bits per heavy atom. The van der Waals surface area contributed by atoms with Gasteiger partial charge in [-0.1, -0.05) is 41.5 Å². The van der Waals surface area contributed by atoms with Gasteiger partial charge in [-0.25, -0.2) is 0 Å². The van der Waals surface area contributed by atoms with E-state index in [1.54, 1.807) is 0 Å². The maximum absolute atomic E-state index is 10.9. The molecular weight excluding hydrogens is 408 g/mol. The normalized spacial score (nSPS) is 54.7. The van der Waals surface area contributed by atoms with E-state index in [4.69, 9.17) is 0 Å². The van der Waals surface area contributed by atoms with Gasteiger partial charge >= 0.3 is 0 Å². The highest BCUT2D eigenvalue weighted by Gasteiger charge is 2.82. The van der Waals surface area contributed by atoms with E-state index in [1.165, 1.54) is 51.4 Å². The van der Waals surface area contributed by atoms with Gasteiger partial charge in [0.05, 0.1) is 18.8 Å². The van der Waals surface area contributed by atoms with Crippen molar-refractivity contribution in [2.45, 2.75) is 124 Å². The van der Waals surface area contributed by atoms with Crippen molar-refractivity contribution in [2.75, 3.05) is 6.61 Å². The summed E-state index contributed by atoms with van der Waals surface area (Å²) in [4.78, 5) is 0. The van der Waals surface area contributed by atoms with Gasteiger partial charge in [0, 0.05) is 5.41 Å². The minimum absolute atomic E-state index is 0.134. The molecule has 0 bridgehead atoms. The summed E-state index contributed by atoms with van der Waals surface area (Å²) in [6, 6.07) is 0. The molecule has 5 aliphatic rings. The summed E-state index contributed by atoms with van der Waals surface area (Å²) in [5.41, 5.74) is 1.32. The van der Waals surface area contributed by atoms with Crippen molar-refractivity contribution in [1.82, 2.24) is 0 Å². The van der Waals surface area contributed by atoms with Crippen LogP contribution in [-0.4, -0.2) is 34.1 Å². The van der Waals surface area contributed by atoms with Crippen LogP contribution in [0.15, 0.2) is 0 Å². The van der Waals surface area contributed by atoms with E-state index >= 15 is 0 Å². The lowest BCUT2D eigenvalue weighted by atomic mass is 9.41. The third-order valence-corrected chi connectivity index (χ3v) is 13.4. The maximum atomic E-state index is 10.9. The standard InChI is InChI=1S/C30H52O3/c1-19(2)15-21(32)16-20(3)22-9-11-28(6)24-8-7-23-26(4,18-31)25(33)10-12-29(23)17-30(24,29)14-13-27(22,28)5/h19-25,31-33H,7-18H2,1-6H3/t20-,21+,22-,23+,24+,25+,26+,27-,28+,29-,30+/m1/s1. The van der Waals surface area contributed by atoms with Gasteiger partial charge in [0.25, 0.3) is 0 Å². The number of fused-ring (bicyclic) bond motifs is 2. The van der Waals surface area contributed by atoms with Crippen molar-refractivity contribution in [1.29, 1.82) is 0 Å². The molecule has 5 aliphatic carbocycles. The molecular formula is C30H52O3. The number of aliphatic hydroxyl groups is 3. The summed E-state index contributed by atoms with van der Waals surface area (Å²) < 4.78 is 0. The van der Waals surface area contributed by atoms with Crippen LogP contribution in [0.25, 0.3) is 0 Å². The van der Waals surface area contributed by atoms with E-state index in [9.17, 15) is 15.3 Å². The number of hydrogen-bond acceptors (Lipinski definition) is 3. The molecule has 0 aromatic carbocycles. The first-order chi connectivity index (χ1) is 15.4. The SMILES string of the molecule is CC(C)C[C@H](O)C[C@@H](C)[C@H]1CC[C@@]2(C)[C@@H]3CC[C@H]4[C@](C)(CO)[C@@H](O)CC[C@@]45C[C@@]35CC[C@]12C. The minimum atomic E-state index is -0.342. The molecule has 0 aromatic heterocycles. The molecule has 0 radical (unpaired) electrons. The molecule has 5 saturated carbocycles. The smallest absolute Gasteiger partial charge is 0.0618 e. The third-order valence-electron chi connectivity index (χ3n) is 13.4. The molecule has 33 heavy (non-hydrogen) atoms. The van der Waals surface area contributed by atoms with Gasteiger partial charge in [-0.15, -0.1) is 0 Å². The van der Waals surface area contributed by atoms with Gasteiger partial charge in [-0.05, 0) is 122 Å². The van der Waals surface area contributed by atoms with Crippen molar-refractivity contribution in [3.8, 4) is 0 Å². The molecule has 0 aliphatic heterocycles. The molecule has 11 atom stereocenters. The average Bonchev–Trinajstić information content (AvgIpc) is 3.32. The zero-order valence-electron chi connectivity index (χ0n) is 22.4. The second kappa shape index (κ2) is 7.69. The second-order valence-electron chi connectivity index (χ2n) is 14.9. The van der Waals surface area contributed by atoms with Crippen molar-refractivity contribution in [3.63, 3.8) is 0 Å². The largest absolute Gasteiger partial charge is 0.396 e. The predicted molar refractivity (Wildman–Crippen MR) is 134 cm³/mol. The highest BCUT2D eigenvalue weighted by Crippen LogP contribution is 2.89. The van der Waals surface area contributed by atoms with Crippen molar-refractivity contribution in [3.05, 3.63) is 0 Å². The minimum Gasteiger partial charge on any atom is -0.396 e. The van der Waals surface area contributed by atoms with Crippen LogP contribution in [0.4, 0.5) is 0 Å². The molecule has 0 aromatic rings. The molecule has 0 saturated heterocycles. The zero-order valence-corrected chi connectivity index (χ0v) is 22.4. The van der Waals surface area contributed by atoms with Crippen LogP contribution in [0.5, 0.6) is 0 Å². The molecule has 3 nitrogen and oxygen atoms in total. The molecule has 3 heteroatoms. The van der Waals surface area contributed by atoms with E-state index < -0.39 is 0 Å². The van der Waals surface area contributed by atoms with Crippen LogP contribution in [0, 0.1) is 56.7 Å². The highest BCUT2D eigenvalue weighted by molar-refractivity contribution is 5.30. The Labute approximate surface area is 203 Å². The lowest BCUT2D eigenvalue weighted by Crippen LogP contribution is -2.59. The van der Waals surface area contributed by atoms with E-state index in [-0.39, 0.29) is 24.2 Å². The van der Waals surface area contributed by atoms with Gasteiger partial charge in [0.1, 0.15) is 0 Å². The number of rotatable bonds is 6. The summed E-state index contributed by atoms with van der Waals surface area (Å²) in [6.45, 7) is 14.5. The van der Waals surface area contributed by atoms with Gasteiger partial charge in [0.15, 0.2) is 0 Å². The Morgan fingerprint density at radius 2 is 1.45 bits per heavy atom. The fourth-order valence-electron chi connectivity index (χ4n) is 11.6. The van der Waals surface area contributed by atoms with Gasteiger partial charge in [0.2, 0.25) is 0 Å². The molecule has 190 valence electrons. The Bertz CT molecular complexity index is 766. The molecule has 5 rings (SSSR count). The molecule has 3 N–H and O–H groups in total. The Kier molecular flexibility index (Phi) is 5.72. The molecule has 0 heterocycles. The predicted octanol–water partition coefficient (Wildman–Crippen LogP) is 6.19. The van der Waals surface area contributed by atoms with Crippen molar-refractivity contribution in [2.24, 2.45) is 56.7 Å². The van der Waals surface area contributed by atoms with Crippen molar-refractivity contribution >= 4 is 0 Å². The highest BCUT2D eigenvalue weighted by atomic mass is 16.3. The van der Waals surface area contributed by atoms with Crippen LogP contribution in [0.2, 0.25) is 0 Å². The summed E-state index contributed by atoms with van der Waals surface area (Å²) >= 11 is 0. The lowest BCUT2D eigenvalue weighted by molar-refractivity contribution is -0.175. The van der Waals surface area contributed by atoms with Crippen LogP contribution in [0.1, 0.15) is 112 Å². The first kappa shape index (κ1) is 24.6. The maximum Gasteiger partial charge on any atom is 0.0618 e. The van der Waals surface area contributed by atoms with E-state index in [0.29, 0.717) is 39.4 Å². The van der Waals surface area contributed by atoms with Crippen LogP contribution in [0.3, 0.4) is 0 Å². The van der Waals surface area contributed by atoms with Crippen LogP contribution >= 0.6 is 0 Å². The Morgan fingerprint density at radius 3 is 2.12 bits per heavy atom. The summed E-state index contributed by atoms with van der Waals surface area (Å²) in [7, 11) is 0. The van der Waals surface area contributed by atoms with Crippen LogP contribution < -0.4 is 0 Å². The Balaban J connectivity index is 1.40. The summed E-state index contributed by atoms with van der Waals surface area (Å²) in [5, 5.41) is 32.0. The van der Waals surface area contributed by atoms with Gasteiger partial charge in [-0.3, -0.25) is 0 Å². The molecule has 2 spiro atoms. The van der Waals surface area contributed by atoms with Crippen LogP contribution in [-0.2, 0) is 0 Å². The fraction of sp³-hybridized carbons (Fsp3) is 1.00. The van der Waals surface area contributed by atoms with Gasteiger partial charge < -0.3 is 15.3 Å². The average molecular weight is 461 g/mol.